The Morgan fingerprint density at radius 1 is 1.16 bits per heavy atom. The van der Waals surface area contributed by atoms with Crippen molar-refractivity contribution < 1.29 is 37.0 Å². The van der Waals surface area contributed by atoms with Crippen LogP contribution in [0.5, 0.6) is 5.75 Å². The summed E-state index contributed by atoms with van der Waals surface area (Å²) in [6.45, 7) is 2.92. The van der Waals surface area contributed by atoms with Crippen molar-refractivity contribution in [2.24, 2.45) is 17.8 Å². The number of halogens is 4. The zero-order valence-corrected chi connectivity index (χ0v) is 24.7. The second-order valence-corrected chi connectivity index (χ2v) is 11.5. The summed E-state index contributed by atoms with van der Waals surface area (Å²) in [6.07, 6.45) is 2.26. The summed E-state index contributed by atoms with van der Waals surface area (Å²) >= 11 is 0. The lowest BCUT2D eigenvalue weighted by molar-refractivity contribution is -0.137. The van der Waals surface area contributed by atoms with Crippen LogP contribution < -0.4 is 15.4 Å². The van der Waals surface area contributed by atoms with E-state index in [4.69, 9.17) is 11.2 Å². The topological polar surface area (TPSA) is 90.9 Å². The Morgan fingerprint density at radius 3 is 2.68 bits per heavy atom. The monoisotopic (exact) mass is 617 g/mol. The third-order valence-electron chi connectivity index (χ3n) is 8.07. The maximum Gasteiger partial charge on any atom is 0.416 e. The standard InChI is InChI=1S/C33H39F4N3O4/c1-3-9-26-28-29(26)32(43)40(13-4-2)14-7-5-6-10-21-16-24(34)18-25(17-21)44-31(39-30(28)42)27(41)20-38-19-22-11-8-12-23(15-22)33(35,36)37/h1,8,11-12,15-18,26-29,31,38,41H,4-7,9-10,13-14,19-20H2,2H3,(H,39,42). The lowest BCUT2D eigenvalue weighted by atomic mass is 10.1. The number of fused-ring (bicyclic) bond motifs is 3. The Morgan fingerprint density at radius 2 is 1.95 bits per heavy atom. The molecule has 238 valence electrons. The van der Waals surface area contributed by atoms with Gasteiger partial charge in [0.05, 0.1) is 17.4 Å². The van der Waals surface area contributed by atoms with Gasteiger partial charge >= 0.3 is 6.18 Å². The molecule has 4 rings (SSSR count). The van der Waals surface area contributed by atoms with Crippen LogP contribution in [0.2, 0.25) is 0 Å². The molecule has 2 amide bonds. The molecule has 7 nitrogen and oxygen atoms in total. The Hall–Kier alpha value is -3.62. The van der Waals surface area contributed by atoms with Gasteiger partial charge in [-0.25, -0.2) is 4.39 Å². The first-order valence-corrected chi connectivity index (χ1v) is 15.1. The van der Waals surface area contributed by atoms with Gasteiger partial charge < -0.3 is 25.4 Å². The number of nitrogens with one attached hydrogen (secondary N) is 2. The zero-order valence-electron chi connectivity index (χ0n) is 24.7. The number of terminal acetylenes is 1. The molecule has 44 heavy (non-hydrogen) atoms. The Kier molecular flexibility index (Phi) is 11.3. The predicted octanol–water partition coefficient (Wildman–Crippen LogP) is 4.67. The third kappa shape index (κ3) is 8.73. The van der Waals surface area contributed by atoms with Crippen LogP contribution >= 0.6 is 0 Å². The largest absolute Gasteiger partial charge is 0.468 e. The van der Waals surface area contributed by atoms with Gasteiger partial charge in [-0.3, -0.25) is 9.59 Å². The molecule has 0 radical (unpaired) electrons. The number of hydrogen-bond acceptors (Lipinski definition) is 5. The fourth-order valence-electron chi connectivity index (χ4n) is 5.83. The molecule has 2 aliphatic rings. The minimum Gasteiger partial charge on any atom is -0.468 e. The molecule has 5 atom stereocenters. The number of aliphatic hydroxyl groups is 1. The van der Waals surface area contributed by atoms with E-state index in [0.717, 1.165) is 43.9 Å². The number of alkyl halides is 3. The summed E-state index contributed by atoms with van der Waals surface area (Å²) in [5.41, 5.74) is 0.241. The predicted molar refractivity (Wildman–Crippen MR) is 156 cm³/mol. The number of aryl methyl sites for hydroxylation is 1. The quantitative estimate of drug-likeness (QED) is 0.296. The number of carbonyl (C=O) groups is 2. The van der Waals surface area contributed by atoms with Crippen LogP contribution in [0.15, 0.2) is 42.5 Å². The molecule has 0 saturated heterocycles. The molecule has 1 heterocycles. The molecule has 2 aromatic rings. The molecule has 0 aromatic heterocycles. The second kappa shape index (κ2) is 14.9. The van der Waals surface area contributed by atoms with Crippen molar-refractivity contribution in [1.82, 2.24) is 15.5 Å². The van der Waals surface area contributed by atoms with E-state index < -0.39 is 47.6 Å². The third-order valence-corrected chi connectivity index (χ3v) is 8.07. The molecule has 1 aliphatic heterocycles. The van der Waals surface area contributed by atoms with Gasteiger partial charge in [-0.2, -0.15) is 13.2 Å². The molecule has 3 N–H and O–H groups in total. The number of benzene rings is 2. The van der Waals surface area contributed by atoms with E-state index in [-0.39, 0.29) is 37.1 Å². The van der Waals surface area contributed by atoms with Gasteiger partial charge in [-0.15, -0.1) is 12.3 Å². The van der Waals surface area contributed by atoms with Crippen molar-refractivity contribution in [1.29, 1.82) is 0 Å². The van der Waals surface area contributed by atoms with Crippen LogP contribution in [-0.2, 0) is 28.7 Å². The number of hydrogen-bond donors (Lipinski definition) is 3. The number of nitrogens with zero attached hydrogens (tertiary/aromatic N) is 1. The van der Waals surface area contributed by atoms with E-state index in [1.54, 1.807) is 11.0 Å². The van der Waals surface area contributed by atoms with Crippen LogP contribution in [0.25, 0.3) is 0 Å². The van der Waals surface area contributed by atoms with Crippen molar-refractivity contribution in [2.75, 3.05) is 19.6 Å². The minimum atomic E-state index is -4.49. The summed E-state index contributed by atoms with van der Waals surface area (Å²) < 4.78 is 59.8. The molecule has 0 spiro atoms. The van der Waals surface area contributed by atoms with Gasteiger partial charge in [-0.05, 0) is 60.9 Å². The molecule has 11 heteroatoms. The maximum atomic E-state index is 14.6. The van der Waals surface area contributed by atoms with Crippen LogP contribution in [0.3, 0.4) is 0 Å². The highest BCUT2D eigenvalue weighted by molar-refractivity contribution is 5.93. The Bertz CT molecular complexity index is 1350. The van der Waals surface area contributed by atoms with E-state index in [1.807, 2.05) is 6.92 Å². The fourth-order valence-corrected chi connectivity index (χ4v) is 5.83. The molecule has 1 saturated carbocycles. The van der Waals surface area contributed by atoms with Crippen molar-refractivity contribution in [3.63, 3.8) is 0 Å². The van der Waals surface area contributed by atoms with Gasteiger partial charge in [0.25, 0.3) is 0 Å². The normalized spacial score (nSPS) is 23.6. The fraction of sp³-hybridized carbons (Fsp3) is 0.515. The zero-order chi connectivity index (χ0) is 31.9. The molecule has 2 aromatic carbocycles. The van der Waals surface area contributed by atoms with Crippen LogP contribution in [-0.4, -0.2) is 53.8 Å². The van der Waals surface area contributed by atoms with Crippen LogP contribution in [0.1, 0.15) is 55.7 Å². The first kappa shape index (κ1) is 33.3. The number of carbonyl (C=O) groups excluding carboxylic acids is 2. The summed E-state index contributed by atoms with van der Waals surface area (Å²) in [6, 6.07) is 9.01. The van der Waals surface area contributed by atoms with Gasteiger partial charge in [0.1, 0.15) is 17.7 Å². The first-order valence-electron chi connectivity index (χ1n) is 15.1. The number of rotatable bonds is 8. The van der Waals surface area contributed by atoms with E-state index in [2.05, 4.69) is 16.6 Å². The molecule has 1 aliphatic carbocycles. The van der Waals surface area contributed by atoms with Gasteiger partial charge in [-0.1, -0.05) is 31.5 Å². The van der Waals surface area contributed by atoms with E-state index >= 15 is 0 Å². The second-order valence-electron chi connectivity index (χ2n) is 11.5. The summed E-state index contributed by atoms with van der Waals surface area (Å²) in [5.74, 6) is -0.185. The summed E-state index contributed by atoms with van der Waals surface area (Å²) in [4.78, 5) is 28.8. The molecular formula is C33H39F4N3O4. The first-order chi connectivity index (χ1) is 21.0. The lowest BCUT2D eigenvalue weighted by Gasteiger charge is -2.26. The van der Waals surface area contributed by atoms with Gasteiger partial charge in [0.2, 0.25) is 11.8 Å². The Balaban J connectivity index is 1.55. The number of aliphatic hydroxyl groups excluding tert-OH is 1. The highest BCUT2D eigenvalue weighted by atomic mass is 19.4. The SMILES string of the molecule is C#CCC1C2C(=O)NC(C(O)CNCc3cccc(C(F)(F)F)c3)Oc3cc(F)cc(c3)CCCCCN(CCC)C(=O)C12. The van der Waals surface area contributed by atoms with Crippen molar-refractivity contribution >= 4 is 11.8 Å². The summed E-state index contributed by atoms with van der Waals surface area (Å²) in [7, 11) is 0. The molecule has 2 bridgehead atoms. The van der Waals surface area contributed by atoms with Crippen LogP contribution in [0, 0.1) is 35.9 Å². The van der Waals surface area contributed by atoms with E-state index in [9.17, 15) is 32.3 Å². The van der Waals surface area contributed by atoms with E-state index in [1.165, 1.54) is 18.2 Å². The van der Waals surface area contributed by atoms with Gasteiger partial charge in [0, 0.05) is 38.7 Å². The molecule has 5 unspecified atom stereocenters. The average molecular weight is 618 g/mol. The maximum absolute atomic E-state index is 14.6. The van der Waals surface area contributed by atoms with E-state index in [0.29, 0.717) is 30.6 Å². The highest BCUT2D eigenvalue weighted by Gasteiger charge is 2.59. The summed E-state index contributed by atoms with van der Waals surface area (Å²) in [5, 5.41) is 16.7. The molecule has 1 fully saturated rings. The molecular weight excluding hydrogens is 578 g/mol. The highest BCUT2D eigenvalue weighted by Crippen LogP contribution is 2.50. The Labute approximate surface area is 255 Å². The van der Waals surface area contributed by atoms with Crippen LogP contribution in [0.4, 0.5) is 17.6 Å². The van der Waals surface area contributed by atoms with Crippen molar-refractivity contribution in [3.8, 4) is 18.1 Å². The van der Waals surface area contributed by atoms with Gasteiger partial charge in [0.15, 0.2) is 6.23 Å². The van der Waals surface area contributed by atoms with Crippen molar-refractivity contribution in [2.45, 2.75) is 70.5 Å². The average Bonchev–Trinajstić information content (AvgIpc) is 3.68. The van der Waals surface area contributed by atoms with Crippen molar-refractivity contribution in [3.05, 3.63) is 65.0 Å². The smallest absolute Gasteiger partial charge is 0.416 e. The number of amides is 2. The number of ether oxygens (including phenoxy) is 1. The minimum absolute atomic E-state index is 0.00245. The lowest BCUT2D eigenvalue weighted by Crippen LogP contribution is -2.51.